The number of anilines is 2. The molecule has 1 unspecified atom stereocenters. The SMILES string of the molecule is CC(C)c1nn(CC(=O)Nc2ccc3nncn3c2)c(=O)cc1N1CCC(c2ccncc2)C1. The summed E-state index contributed by atoms with van der Waals surface area (Å²) in [6, 6.07) is 9.22. The molecule has 4 aromatic heterocycles. The lowest BCUT2D eigenvalue weighted by molar-refractivity contribution is -0.117. The van der Waals surface area contributed by atoms with Crippen molar-refractivity contribution in [2.45, 2.75) is 38.6 Å². The monoisotopic (exact) mass is 458 g/mol. The number of hydrogen-bond donors (Lipinski definition) is 1. The molecule has 0 bridgehead atoms. The Morgan fingerprint density at radius 3 is 2.82 bits per heavy atom. The molecule has 1 aliphatic heterocycles. The Balaban J connectivity index is 1.34. The van der Waals surface area contributed by atoms with E-state index >= 15 is 0 Å². The zero-order valence-corrected chi connectivity index (χ0v) is 19.1. The van der Waals surface area contributed by atoms with Gasteiger partial charge in [0.1, 0.15) is 12.9 Å². The summed E-state index contributed by atoms with van der Waals surface area (Å²) in [5, 5.41) is 15.2. The number of fused-ring (bicyclic) bond motifs is 1. The van der Waals surface area contributed by atoms with Crippen LogP contribution in [0.1, 0.15) is 43.4 Å². The first-order valence-corrected chi connectivity index (χ1v) is 11.3. The first-order valence-electron chi connectivity index (χ1n) is 11.3. The average molecular weight is 459 g/mol. The van der Waals surface area contributed by atoms with Crippen molar-refractivity contribution in [3.8, 4) is 0 Å². The van der Waals surface area contributed by atoms with E-state index in [-0.39, 0.29) is 23.9 Å². The molecule has 10 nitrogen and oxygen atoms in total. The molecule has 0 aliphatic carbocycles. The predicted molar refractivity (Wildman–Crippen MR) is 128 cm³/mol. The Bertz CT molecular complexity index is 1380. The van der Waals surface area contributed by atoms with Crippen LogP contribution in [0.25, 0.3) is 5.65 Å². The summed E-state index contributed by atoms with van der Waals surface area (Å²) in [4.78, 5) is 31.9. The van der Waals surface area contributed by atoms with E-state index in [0.29, 0.717) is 17.3 Å². The third-order valence-corrected chi connectivity index (χ3v) is 6.13. The number of nitrogens with one attached hydrogen (secondary N) is 1. The number of rotatable bonds is 6. The highest BCUT2D eigenvalue weighted by molar-refractivity contribution is 5.90. The quantitative estimate of drug-likeness (QED) is 0.472. The zero-order chi connectivity index (χ0) is 23.7. The standard InChI is InChI=1S/C24H26N8O2/c1-16(2)24-20(30-10-7-18(12-30)17-5-8-25-9-6-17)11-23(34)32(29-24)14-22(33)27-19-3-4-21-28-26-15-31(21)13-19/h3-6,8-9,11,13,15-16,18H,7,10,12,14H2,1-2H3,(H,27,33). The van der Waals surface area contributed by atoms with Crippen molar-refractivity contribution >= 4 is 22.9 Å². The lowest BCUT2D eigenvalue weighted by atomic mass is 10.00. The summed E-state index contributed by atoms with van der Waals surface area (Å²) in [5.74, 6) is 0.156. The second kappa shape index (κ2) is 9.05. The summed E-state index contributed by atoms with van der Waals surface area (Å²) < 4.78 is 2.95. The van der Waals surface area contributed by atoms with Crippen LogP contribution in [0.4, 0.5) is 11.4 Å². The van der Waals surface area contributed by atoms with Crippen LogP contribution in [-0.4, -0.2) is 48.4 Å². The molecule has 1 fully saturated rings. The number of carbonyl (C=O) groups excluding carboxylic acids is 1. The number of hydrogen-bond acceptors (Lipinski definition) is 7. The maximum Gasteiger partial charge on any atom is 0.269 e. The Kier molecular flexibility index (Phi) is 5.79. The van der Waals surface area contributed by atoms with E-state index in [4.69, 9.17) is 0 Å². The number of aromatic nitrogens is 6. The van der Waals surface area contributed by atoms with Gasteiger partial charge in [0.15, 0.2) is 5.65 Å². The van der Waals surface area contributed by atoms with Gasteiger partial charge in [-0.2, -0.15) is 5.10 Å². The van der Waals surface area contributed by atoms with E-state index in [0.717, 1.165) is 30.9 Å². The largest absolute Gasteiger partial charge is 0.369 e. The molecule has 174 valence electrons. The summed E-state index contributed by atoms with van der Waals surface area (Å²) in [6.07, 6.45) is 7.91. The Hall–Kier alpha value is -4.08. The van der Waals surface area contributed by atoms with E-state index in [9.17, 15) is 9.59 Å². The van der Waals surface area contributed by atoms with Gasteiger partial charge in [-0.05, 0) is 42.2 Å². The Morgan fingerprint density at radius 2 is 2.03 bits per heavy atom. The van der Waals surface area contributed by atoms with Crippen molar-refractivity contribution in [2.75, 3.05) is 23.3 Å². The van der Waals surface area contributed by atoms with Gasteiger partial charge in [-0.1, -0.05) is 13.8 Å². The molecular weight excluding hydrogens is 432 g/mol. The maximum atomic E-state index is 12.9. The van der Waals surface area contributed by atoms with Crippen LogP contribution in [0.2, 0.25) is 0 Å². The van der Waals surface area contributed by atoms with Gasteiger partial charge < -0.3 is 10.2 Å². The third kappa shape index (κ3) is 4.39. The van der Waals surface area contributed by atoms with Gasteiger partial charge in [-0.15, -0.1) is 10.2 Å². The van der Waals surface area contributed by atoms with Crippen molar-refractivity contribution in [2.24, 2.45) is 0 Å². The second-order valence-corrected chi connectivity index (χ2v) is 8.84. The molecular formula is C24H26N8O2. The maximum absolute atomic E-state index is 12.9. The van der Waals surface area contributed by atoms with Crippen LogP contribution in [0.3, 0.4) is 0 Å². The zero-order valence-electron chi connectivity index (χ0n) is 19.1. The third-order valence-electron chi connectivity index (χ3n) is 6.13. The molecule has 0 aromatic carbocycles. The molecule has 0 saturated carbocycles. The van der Waals surface area contributed by atoms with E-state index in [2.05, 4.69) is 30.5 Å². The normalized spacial score (nSPS) is 15.9. The number of pyridine rings is 2. The van der Waals surface area contributed by atoms with Gasteiger partial charge in [0.25, 0.3) is 5.56 Å². The number of nitrogens with zero attached hydrogens (tertiary/aromatic N) is 7. The fraction of sp³-hybridized carbons (Fsp3) is 0.333. The minimum atomic E-state index is -0.330. The molecule has 5 heterocycles. The van der Waals surface area contributed by atoms with E-state index in [1.807, 2.05) is 38.4 Å². The Labute approximate surface area is 196 Å². The number of amides is 1. The van der Waals surface area contributed by atoms with E-state index in [1.54, 1.807) is 35.1 Å². The average Bonchev–Trinajstić information content (AvgIpc) is 3.50. The molecule has 1 saturated heterocycles. The molecule has 34 heavy (non-hydrogen) atoms. The fourth-order valence-electron chi connectivity index (χ4n) is 4.40. The lowest BCUT2D eigenvalue weighted by Gasteiger charge is -2.23. The van der Waals surface area contributed by atoms with Crippen LogP contribution < -0.4 is 15.8 Å². The van der Waals surface area contributed by atoms with Crippen LogP contribution in [0.15, 0.2) is 60.0 Å². The van der Waals surface area contributed by atoms with Gasteiger partial charge in [0.05, 0.1) is 17.1 Å². The highest BCUT2D eigenvalue weighted by Crippen LogP contribution is 2.33. The fourth-order valence-corrected chi connectivity index (χ4v) is 4.40. The summed E-state index contributed by atoms with van der Waals surface area (Å²) >= 11 is 0. The van der Waals surface area contributed by atoms with Crippen LogP contribution in [0, 0.1) is 0 Å². The minimum absolute atomic E-state index is 0.0982. The molecule has 1 N–H and O–H groups in total. The summed E-state index contributed by atoms with van der Waals surface area (Å²) in [5.41, 5.74) is 3.90. The van der Waals surface area contributed by atoms with E-state index < -0.39 is 0 Å². The van der Waals surface area contributed by atoms with Crippen LogP contribution in [0.5, 0.6) is 0 Å². The van der Waals surface area contributed by atoms with Gasteiger partial charge >= 0.3 is 0 Å². The molecule has 1 atom stereocenters. The summed E-state index contributed by atoms with van der Waals surface area (Å²) in [7, 11) is 0. The van der Waals surface area contributed by atoms with Crippen molar-refractivity contribution in [1.82, 2.24) is 29.4 Å². The molecule has 5 rings (SSSR count). The van der Waals surface area contributed by atoms with Crippen LogP contribution >= 0.6 is 0 Å². The smallest absolute Gasteiger partial charge is 0.269 e. The van der Waals surface area contributed by atoms with Gasteiger partial charge in [-0.25, -0.2) is 4.68 Å². The first kappa shape index (κ1) is 21.7. The highest BCUT2D eigenvalue weighted by Gasteiger charge is 2.27. The predicted octanol–water partition coefficient (Wildman–Crippen LogP) is 2.44. The number of carbonyl (C=O) groups is 1. The van der Waals surface area contributed by atoms with Gasteiger partial charge in [-0.3, -0.25) is 19.0 Å². The second-order valence-electron chi connectivity index (χ2n) is 8.84. The van der Waals surface area contributed by atoms with Crippen LogP contribution in [-0.2, 0) is 11.3 Å². The van der Waals surface area contributed by atoms with Crippen molar-refractivity contribution < 1.29 is 4.79 Å². The highest BCUT2D eigenvalue weighted by atomic mass is 16.2. The van der Waals surface area contributed by atoms with Gasteiger partial charge in [0, 0.05) is 43.7 Å². The topological polar surface area (TPSA) is 110 Å². The first-order chi connectivity index (χ1) is 16.5. The Morgan fingerprint density at radius 1 is 1.21 bits per heavy atom. The van der Waals surface area contributed by atoms with Gasteiger partial charge in [0.2, 0.25) is 5.91 Å². The molecule has 1 amide bonds. The molecule has 10 heteroatoms. The minimum Gasteiger partial charge on any atom is -0.369 e. The van der Waals surface area contributed by atoms with Crippen molar-refractivity contribution in [3.63, 3.8) is 0 Å². The van der Waals surface area contributed by atoms with Crippen molar-refractivity contribution in [3.05, 3.63) is 76.9 Å². The lowest BCUT2D eigenvalue weighted by Crippen LogP contribution is -2.33. The van der Waals surface area contributed by atoms with Crippen molar-refractivity contribution in [1.29, 1.82) is 0 Å². The molecule has 0 spiro atoms. The summed E-state index contributed by atoms with van der Waals surface area (Å²) in [6.45, 7) is 5.60. The molecule has 0 radical (unpaired) electrons. The van der Waals surface area contributed by atoms with E-state index in [1.165, 1.54) is 10.2 Å². The molecule has 1 aliphatic rings. The molecule has 4 aromatic rings.